The summed E-state index contributed by atoms with van der Waals surface area (Å²) in [5, 5.41) is 25.1. The first kappa shape index (κ1) is 21.9. The lowest BCUT2D eigenvalue weighted by atomic mass is 9.91. The minimum atomic E-state index is -1.14. The van der Waals surface area contributed by atoms with E-state index in [1.54, 1.807) is 36.4 Å². The van der Waals surface area contributed by atoms with Crippen LogP contribution in [0.5, 0.6) is 0 Å². The molecule has 8 heteroatoms. The van der Waals surface area contributed by atoms with Crippen LogP contribution in [0.1, 0.15) is 23.7 Å². The quantitative estimate of drug-likeness (QED) is 0.546. The van der Waals surface area contributed by atoms with Crippen molar-refractivity contribution in [2.45, 2.75) is 25.5 Å². The van der Waals surface area contributed by atoms with E-state index in [1.165, 1.54) is 25.1 Å². The van der Waals surface area contributed by atoms with Crippen LogP contribution in [0, 0.1) is 5.92 Å². The molecular formula is C23H22N2O6. The van der Waals surface area contributed by atoms with Crippen molar-refractivity contribution in [3.8, 4) is 0 Å². The Balaban J connectivity index is 2.01. The summed E-state index contributed by atoms with van der Waals surface area (Å²) in [7, 11) is 0. The van der Waals surface area contributed by atoms with E-state index in [2.05, 4.69) is 10.6 Å². The number of rotatable bonds is 3. The predicted octanol–water partition coefficient (Wildman–Crippen LogP) is 1.76. The number of amides is 1. The van der Waals surface area contributed by atoms with Gasteiger partial charge in [0.25, 0.3) is 0 Å². The highest BCUT2D eigenvalue weighted by Gasteiger charge is 2.31. The maximum Gasteiger partial charge on any atom is 0.337 e. The van der Waals surface area contributed by atoms with Crippen LogP contribution in [-0.2, 0) is 14.4 Å². The molecule has 1 amide bonds. The lowest BCUT2D eigenvalue weighted by Gasteiger charge is -2.25. The van der Waals surface area contributed by atoms with E-state index in [9.17, 15) is 29.4 Å². The summed E-state index contributed by atoms with van der Waals surface area (Å²) >= 11 is 0. The third kappa shape index (κ3) is 5.04. The fourth-order valence-corrected chi connectivity index (χ4v) is 3.26. The molecule has 2 bridgehead atoms. The van der Waals surface area contributed by atoms with Gasteiger partial charge in [0.05, 0.1) is 29.3 Å². The molecule has 3 rings (SSSR count). The van der Waals surface area contributed by atoms with Crippen molar-refractivity contribution in [2.24, 2.45) is 5.92 Å². The number of hydrogen-bond donors (Lipinski definition) is 4. The Morgan fingerprint density at radius 1 is 1.13 bits per heavy atom. The van der Waals surface area contributed by atoms with Crippen molar-refractivity contribution in [2.75, 3.05) is 5.32 Å². The molecule has 1 aromatic rings. The van der Waals surface area contributed by atoms with Crippen LogP contribution in [0.25, 0.3) is 0 Å². The SMILES string of the molecule is C[C@H]1C(=O)NC2=CC(=O)C=C(C2=O)[C@@H](Nc2ccccc2C(=O)O)CC=CC=C[C@H]1O. The number of anilines is 1. The first-order valence-electron chi connectivity index (χ1n) is 9.71. The number of carbonyl (C=O) groups is 4. The number of carboxylic acids is 1. The summed E-state index contributed by atoms with van der Waals surface area (Å²) < 4.78 is 0. The van der Waals surface area contributed by atoms with Gasteiger partial charge >= 0.3 is 5.97 Å². The van der Waals surface area contributed by atoms with E-state index < -0.39 is 41.5 Å². The largest absolute Gasteiger partial charge is 0.478 e. The van der Waals surface area contributed by atoms with Crippen molar-refractivity contribution in [3.63, 3.8) is 0 Å². The number of aliphatic hydroxyl groups excluding tert-OH is 1. The molecule has 0 spiro atoms. The molecule has 8 nitrogen and oxygen atoms in total. The van der Waals surface area contributed by atoms with Gasteiger partial charge in [-0.05, 0) is 24.6 Å². The summed E-state index contributed by atoms with van der Waals surface area (Å²) in [6.07, 6.45) is 7.79. The second-order valence-electron chi connectivity index (χ2n) is 7.25. The average Bonchev–Trinajstić information content (AvgIpc) is 2.74. The standard InChI is InChI=1S/C23H22N2O6/c1-13-20(27)10-4-2-3-8-18(24-17-9-6-5-7-15(17)23(30)31)16-11-14(26)12-19(21(16)28)25-22(13)29/h2-7,9-13,18,20,24,27H,8H2,1H3,(H,25,29)(H,30,31)/t13-,18+,20-/m1/s1. The van der Waals surface area contributed by atoms with Crippen LogP contribution in [0.4, 0.5) is 5.69 Å². The smallest absolute Gasteiger partial charge is 0.337 e. The molecule has 4 N–H and O–H groups in total. The van der Waals surface area contributed by atoms with Crippen molar-refractivity contribution >= 4 is 29.1 Å². The number of hydrogen-bond acceptors (Lipinski definition) is 6. The van der Waals surface area contributed by atoms with Gasteiger partial charge in [-0.1, -0.05) is 43.4 Å². The zero-order valence-electron chi connectivity index (χ0n) is 16.7. The number of aliphatic hydroxyl groups is 1. The highest BCUT2D eigenvalue weighted by Crippen LogP contribution is 2.24. The minimum absolute atomic E-state index is 0.0190. The Kier molecular flexibility index (Phi) is 6.61. The summed E-state index contributed by atoms with van der Waals surface area (Å²) in [6, 6.07) is 5.51. The topological polar surface area (TPSA) is 133 Å². The van der Waals surface area contributed by atoms with Crippen molar-refractivity contribution in [1.82, 2.24) is 5.32 Å². The van der Waals surface area contributed by atoms with E-state index in [4.69, 9.17) is 0 Å². The number of nitrogens with one attached hydrogen (secondary N) is 2. The molecule has 0 aromatic heterocycles. The van der Waals surface area contributed by atoms with Crippen LogP contribution < -0.4 is 10.6 Å². The zero-order chi connectivity index (χ0) is 22.5. The molecule has 0 fully saturated rings. The van der Waals surface area contributed by atoms with Gasteiger partial charge < -0.3 is 20.8 Å². The number of allylic oxidation sites excluding steroid dienone is 5. The van der Waals surface area contributed by atoms with E-state index in [1.807, 2.05) is 0 Å². The molecule has 160 valence electrons. The first-order valence-corrected chi connectivity index (χ1v) is 9.71. The van der Waals surface area contributed by atoms with E-state index >= 15 is 0 Å². The summed E-state index contributed by atoms with van der Waals surface area (Å²) in [5.41, 5.74) is 0.227. The van der Waals surface area contributed by atoms with Gasteiger partial charge in [-0.25, -0.2) is 4.79 Å². The monoisotopic (exact) mass is 422 g/mol. The van der Waals surface area contributed by atoms with Crippen LogP contribution in [0.2, 0.25) is 0 Å². The lowest BCUT2D eigenvalue weighted by Crippen LogP contribution is -2.40. The van der Waals surface area contributed by atoms with E-state index in [0.29, 0.717) is 5.69 Å². The van der Waals surface area contributed by atoms with Crippen molar-refractivity contribution in [3.05, 3.63) is 77.6 Å². The van der Waals surface area contributed by atoms with Gasteiger partial charge in [0.2, 0.25) is 11.7 Å². The Morgan fingerprint density at radius 2 is 1.87 bits per heavy atom. The van der Waals surface area contributed by atoms with Gasteiger partial charge in [0, 0.05) is 17.3 Å². The second-order valence-corrected chi connectivity index (χ2v) is 7.25. The highest BCUT2D eigenvalue weighted by molar-refractivity contribution is 6.21. The summed E-state index contributed by atoms with van der Waals surface area (Å²) in [5.74, 6) is -3.62. The molecule has 2 aliphatic rings. The number of aromatic carboxylic acids is 1. The Labute approximate surface area is 178 Å². The molecule has 1 aliphatic carbocycles. The second kappa shape index (κ2) is 9.36. The molecule has 3 atom stereocenters. The number of para-hydroxylation sites is 1. The molecule has 1 aliphatic heterocycles. The molecule has 1 aromatic carbocycles. The summed E-state index contributed by atoms with van der Waals surface area (Å²) in [4.78, 5) is 49.3. The van der Waals surface area contributed by atoms with Crippen LogP contribution in [-0.4, -0.2) is 45.8 Å². The highest BCUT2D eigenvalue weighted by atomic mass is 16.4. The predicted molar refractivity (Wildman–Crippen MR) is 113 cm³/mol. The van der Waals surface area contributed by atoms with Gasteiger partial charge in [-0.15, -0.1) is 0 Å². The first-order chi connectivity index (χ1) is 14.8. The number of fused-ring (bicyclic) bond motifs is 2. The third-order valence-corrected chi connectivity index (χ3v) is 5.06. The normalized spacial score (nSPS) is 24.2. The summed E-state index contributed by atoms with van der Waals surface area (Å²) in [6.45, 7) is 1.51. The van der Waals surface area contributed by atoms with Gasteiger partial charge in [-0.2, -0.15) is 0 Å². The number of Topliss-reactive ketones (excluding diaryl/α,β-unsaturated/α-hetero) is 1. The minimum Gasteiger partial charge on any atom is -0.478 e. The molecule has 0 radical (unpaired) electrons. The van der Waals surface area contributed by atoms with Gasteiger partial charge in [0.1, 0.15) is 0 Å². The molecule has 0 unspecified atom stereocenters. The van der Waals surface area contributed by atoms with Crippen LogP contribution in [0.15, 0.2) is 72.0 Å². The third-order valence-electron chi connectivity index (χ3n) is 5.06. The molecule has 0 saturated carbocycles. The Morgan fingerprint density at radius 3 is 2.61 bits per heavy atom. The van der Waals surface area contributed by atoms with Crippen LogP contribution in [0.3, 0.4) is 0 Å². The average molecular weight is 422 g/mol. The number of carbonyl (C=O) groups excluding carboxylic acids is 3. The molecular weight excluding hydrogens is 400 g/mol. The zero-order valence-corrected chi connectivity index (χ0v) is 16.7. The fraction of sp³-hybridized carbons (Fsp3) is 0.217. The van der Waals surface area contributed by atoms with Crippen molar-refractivity contribution < 1.29 is 29.4 Å². The molecule has 1 heterocycles. The lowest BCUT2D eigenvalue weighted by molar-refractivity contribution is -0.127. The van der Waals surface area contributed by atoms with Gasteiger partial charge in [-0.3, -0.25) is 14.4 Å². The Hall–Kier alpha value is -3.78. The van der Waals surface area contributed by atoms with E-state index in [0.717, 1.165) is 6.08 Å². The van der Waals surface area contributed by atoms with Crippen molar-refractivity contribution in [1.29, 1.82) is 0 Å². The van der Waals surface area contributed by atoms with E-state index in [-0.39, 0.29) is 23.3 Å². The molecule has 0 saturated heterocycles. The molecule has 31 heavy (non-hydrogen) atoms. The fourth-order valence-electron chi connectivity index (χ4n) is 3.26. The number of benzene rings is 1. The maximum absolute atomic E-state index is 13.1. The van der Waals surface area contributed by atoms with Gasteiger partial charge in [0.15, 0.2) is 5.78 Å². The Bertz CT molecular complexity index is 1050. The number of ketones is 2. The number of carboxylic acid groups (broad SMARTS) is 1. The van der Waals surface area contributed by atoms with Crippen LogP contribution >= 0.6 is 0 Å². The maximum atomic E-state index is 13.1.